The van der Waals surface area contributed by atoms with Crippen LogP contribution in [0.3, 0.4) is 0 Å². The molecule has 1 heterocycles. The van der Waals surface area contributed by atoms with Crippen molar-refractivity contribution in [1.29, 1.82) is 0 Å². The number of ether oxygens (including phenoxy) is 2. The van der Waals surface area contributed by atoms with Gasteiger partial charge in [0.1, 0.15) is 0 Å². The molecular formula is C5H10O3. The van der Waals surface area contributed by atoms with Crippen LogP contribution >= 0.6 is 0 Å². The fourth-order valence-corrected chi connectivity index (χ4v) is 0.663. The summed E-state index contributed by atoms with van der Waals surface area (Å²) in [6, 6.07) is 0. The minimum atomic E-state index is -0.612. The Kier molecular flexibility index (Phi) is 1.83. The molecule has 1 N–H and O–H groups in total. The van der Waals surface area contributed by atoms with Gasteiger partial charge in [-0.2, -0.15) is 0 Å². The molecule has 2 atom stereocenters. The van der Waals surface area contributed by atoms with Gasteiger partial charge in [0, 0.05) is 6.42 Å². The molecule has 0 amide bonds. The van der Waals surface area contributed by atoms with E-state index in [1.165, 1.54) is 0 Å². The zero-order chi connectivity index (χ0) is 5.98. The van der Waals surface area contributed by atoms with Gasteiger partial charge in [0.25, 0.3) is 0 Å². The predicted molar refractivity (Wildman–Crippen MR) is 27.1 cm³/mol. The van der Waals surface area contributed by atoms with Crippen LogP contribution in [0.25, 0.3) is 0 Å². The van der Waals surface area contributed by atoms with E-state index in [0.717, 1.165) is 0 Å². The van der Waals surface area contributed by atoms with E-state index in [9.17, 15) is 0 Å². The molecule has 0 unspecified atom stereocenters. The molecule has 0 aliphatic carbocycles. The van der Waals surface area contributed by atoms with E-state index in [1.807, 2.05) is 0 Å². The lowest BCUT2D eigenvalue weighted by Gasteiger charge is -2.23. The third kappa shape index (κ3) is 1.43. The Labute approximate surface area is 48.2 Å². The molecule has 0 aromatic heterocycles. The van der Waals surface area contributed by atoms with Crippen LogP contribution in [0.1, 0.15) is 13.3 Å². The number of aliphatic hydroxyl groups excluding tert-OH is 1. The van der Waals surface area contributed by atoms with Crippen LogP contribution in [0.5, 0.6) is 0 Å². The molecule has 48 valence electrons. The summed E-state index contributed by atoms with van der Waals surface area (Å²) < 4.78 is 9.79. The van der Waals surface area contributed by atoms with Gasteiger partial charge in [0.15, 0.2) is 12.6 Å². The summed E-state index contributed by atoms with van der Waals surface area (Å²) in [5.74, 6) is 0. The molecule has 1 aliphatic heterocycles. The molecule has 1 rings (SSSR count). The van der Waals surface area contributed by atoms with Crippen molar-refractivity contribution in [2.24, 2.45) is 0 Å². The van der Waals surface area contributed by atoms with Crippen molar-refractivity contribution in [1.82, 2.24) is 0 Å². The highest BCUT2D eigenvalue weighted by Crippen LogP contribution is 2.08. The summed E-state index contributed by atoms with van der Waals surface area (Å²) in [6.07, 6.45) is -0.262. The normalized spacial score (nSPS) is 39.8. The van der Waals surface area contributed by atoms with Gasteiger partial charge in [-0.25, -0.2) is 0 Å². The first-order valence-corrected chi connectivity index (χ1v) is 2.74. The van der Waals surface area contributed by atoms with Gasteiger partial charge < -0.3 is 14.6 Å². The number of hydrogen-bond acceptors (Lipinski definition) is 3. The molecule has 0 saturated carbocycles. The summed E-state index contributed by atoms with van der Waals surface area (Å²) in [4.78, 5) is 0. The number of rotatable bonds is 0. The topological polar surface area (TPSA) is 38.7 Å². The van der Waals surface area contributed by atoms with Gasteiger partial charge in [0.2, 0.25) is 0 Å². The lowest BCUT2D eigenvalue weighted by molar-refractivity contribution is -0.262. The van der Waals surface area contributed by atoms with Crippen LogP contribution in [0, 0.1) is 0 Å². The molecule has 0 radical (unpaired) electrons. The molecule has 1 aliphatic rings. The van der Waals surface area contributed by atoms with E-state index >= 15 is 0 Å². The summed E-state index contributed by atoms with van der Waals surface area (Å²) in [7, 11) is 0. The van der Waals surface area contributed by atoms with Crippen molar-refractivity contribution in [3.63, 3.8) is 0 Å². The molecule has 0 bridgehead atoms. The van der Waals surface area contributed by atoms with E-state index in [-0.39, 0.29) is 6.29 Å². The molecule has 8 heavy (non-hydrogen) atoms. The Balaban J connectivity index is 2.23. The lowest BCUT2D eigenvalue weighted by atomic mass is 10.4. The first-order valence-electron chi connectivity index (χ1n) is 2.74. The number of aliphatic hydroxyl groups is 1. The average Bonchev–Trinajstić information content (AvgIpc) is 1.64. The van der Waals surface area contributed by atoms with Gasteiger partial charge in [-0.3, -0.25) is 0 Å². The quantitative estimate of drug-likeness (QED) is 0.490. The molecule has 0 spiro atoms. The van der Waals surface area contributed by atoms with Crippen molar-refractivity contribution < 1.29 is 14.6 Å². The smallest absolute Gasteiger partial charge is 0.159 e. The maximum absolute atomic E-state index is 8.78. The Morgan fingerprint density at radius 1 is 1.62 bits per heavy atom. The minimum Gasteiger partial charge on any atom is -0.368 e. The second-order valence-corrected chi connectivity index (χ2v) is 1.82. The van der Waals surface area contributed by atoms with Gasteiger partial charge in [-0.1, -0.05) is 0 Å². The molecular weight excluding hydrogens is 108 g/mol. The third-order valence-corrected chi connectivity index (χ3v) is 1.07. The van der Waals surface area contributed by atoms with E-state index in [0.29, 0.717) is 13.0 Å². The minimum absolute atomic E-state index is 0.237. The van der Waals surface area contributed by atoms with Gasteiger partial charge >= 0.3 is 0 Å². The summed E-state index contributed by atoms with van der Waals surface area (Å²) in [6.45, 7) is 2.37. The van der Waals surface area contributed by atoms with E-state index in [1.54, 1.807) is 6.92 Å². The van der Waals surface area contributed by atoms with Crippen molar-refractivity contribution >= 4 is 0 Å². The van der Waals surface area contributed by atoms with Gasteiger partial charge in [-0.05, 0) is 6.92 Å². The number of hydrogen-bond donors (Lipinski definition) is 1. The van der Waals surface area contributed by atoms with Crippen LogP contribution in [0.15, 0.2) is 0 Å². The van der Waals surface area contributed by atoms with Crippen LogP contribution in [-0.2, 0) is 9.47 Å². The first kappa shape index (κ1) is 6.01. The summed E-state index contributed by atoms with van der Waals surface area (Å²) in [5.41, 5.74) is 0. The summed E-state index contributed by atoms with van der Waals surface area (Å²) in [5, 5.41) is 8.78. The highest BCUT2D eigenvalue weighted by molar-refractivity contribution is 4.48. The van der Waals surface area contributed by atoms with Gasteiger partial charge in [0.05, 0.1) is 6.61 Å². The highest BCUT2D eigenvalue weighted by atomic mass is 16.7. The fraction of sp³-hybridized carbons (Fsp3) is 1.00. The fourth-order valence-electron chi connectivity index (χ4n) is 0.663. The van der Waals surface area contributed by atoms with Crippen LogP contribution in [0.4, 0.5) is 0 Å². The van der Waals surface area contributed by atoms with Crippen molar-refractivity contribution in [3.8, 4) is 0 Å². The van der Waals surface area contributed by atoms with E-state index < -0.39 is 6.29 Å². The molecule has 1 saturated heterocycles. The summed E-state index contributed by atoms with van der Waals surface area (Å²) >= 11 is 0. The zero-order valence-corrected chi connectivity index (χ0v) is 4.83. The second-order valence-electron chi connectivity index (χ2n) is 1.82. The lowest BCUT2D eigenvalue weighted by Crippen LogP contribution is -2.29. The van der Waals surface area contributed by atoms with Crippen molar-refractivity contribution in [2.45, 2.75) is 25.9 Å². The second kappa shape index (κ2) is 2.44. The van der Waals surface area contributed by atoms with Crippen LogP contribution in [0.2, 0.25) is 0 Å². The Hall–Kier alpha value is -0.120. The third-order valence-electron chi connectivity index (χ3n) is 1.07. The molecule has 3 heteroatoms. The molecule has 3 nitrogen and oxygen atoms in total. The Morgan fingerprint density at radius 2 is 2.38 bits per heavy atom. The SMILES string of the molecule is C[C@H]1OCC[C@@H](O)O1. The Bertz CT molecular complexity index is 66.1. The predicted octanol–water partition coefficient (Wildman–Crippen LogP) is 0.0877. The van der Waals surface area contributed by atoms with Gasteiger partial charge in [-0.15, -0.1) is 0 Å². The molecule has 0 aromatic rings. The van der Waals surface area contributed by atoms with Crippen LogP contribution < -0.4 is 0 Å². The zero-order valence-electron chi connectivity index (χ0n) is 4.83. The van der Waals surface area contributed by atoms with Crippen molar-refractivity contribution in [2.75, 3.05) is 6.61 Å². The molecule has 1 fully saturated rings. The first-order chi connectivity index (χ1) is 3.79. The van der Waals surface area contributed by atoms with Crippen molar-refractivity contribution in [3.05, 3.63) is 0 Å². The monoisotopic (exact) mass is 118 g/mol. The largest absolute Gasteiger partial charge is 0.368 e. The Morgan fingerprint density at radius 3 is 2.75 bits per heavy atom. The van der Waals surface area contributed by atoms with Crippen LogP contribution in [-0.4, -0.2) is 24.3 Å². The van der Waals surface area contributed by atoms with E-state index in [2.05, 4.69) is 0 Å². The average molecular weight is 118 g/mol. The maximum atomic E-state index is 8.78. The standard InChI is InChI=1S/C5H10O3/c1-4-7-3-2-5(6)8-4/h4-6H,2-3H2,1H3/t4-,5-/m0/s1. The maximum Gasteiger partial charge on any atom is 0.159 e. The molecule has 0 aromatic carbocycles. The van der Waals surface area contributed by atoms with E-state index in [4.69, 9.17) is 14.6 Å². The highest BCUT2D eigenvalue weighted by Gasteiger charge is 2.15.